The first kappa shape index (κ1) is 22.7. The van der Waals surface area contributed by atoms with Gasteiger partial charge in [0.2, 0.25) is 0 Å². The second-order valence-electron chi connectivity index (χ2n) is 6.08. The molecule has 0 bridgehead atoms. The van der Waals surface area contributed by atoms with Crippen LogP contribution in [0.2, 0.25) is 5.02 Å². The average Bonchev–Trinajstić information content (AvgIpc) is 2.44. The van der Waals surface area contributed by atoms with Crippen molar-refractivity contribution in [2.45, 2.75) is 38.5 Å². The van der Waals surface area contributed by atoms with Gasteiger partial charge >= 0.3 is 0 Å². The van der Waals surface area contributed by atoms with Gasteiger partial charge in [-0.15, -0.1) is 24.0 Å². The van der Waals surface area contributed by atoms with Crippen LogP contribution in [0.25, 0.3) is 0 Å². The first-order chi connectivity index (χ1) is 10.2. The van der Waals surface area contributed by atoms with Crippen LogP contribution >= 0.6 is 35.6 Å². The summed E-state index contributed by atoms with van der Waals surface area (Å²) >= 11 is 6.01. The first-order valence-corrected chi connectivity index (χ1v) is 9.05. The fraction of sp³-hybridized carbons (Fsp3) is 0.562. The Balaban J connectivity index is 0.00000484. The van der Waals surface area contributed by atoms with Crippen molar-refractivity contribution in [1.82, 2.24) is 10.6 Å². The SMILES string of the molecule is CN=C(NCCS(=O)C(C)(C)C)NC(C)c1cccc(Cl)c1.I. The lowest BCUT2D eigenvalue weighted by Gasteiger charge is -2.20. The molecular weight excluding hydrogens is 445 g/mol. The van der Waals surface area contributed by atoms with Gasteiger partial charge in [0.25, 0.3) is 0 Å². The summed E-state index contributed by atoms with van der Waals surface area (Å²) < 4.78 is 11.8. The van der Waals surface area contributed by atoms with Crippen LogP contribution < -0.4 is 10.6 Å². The van der Waals surface area contributed by atoms with Crippen LogP contribution in [-0.4, -0.2) is 34.3 Å². The van der Waals surface area contributed by atoms with E-state index >= 15 is 0 Å². The van der Waals surface area contributed by atoms with E-state index in [4.69, 9.17) is 11.6 Å². The summed E-state index contributed by atoms with van der Waals surface area (Å²) in [6.45, 7) is 8.61. The Kier molecular flexibility index (Phi) is 10.4. The Bertz CT molecular complexity index is 546. The molecule has 0 aromatic heterocycles. The van der Waals surface area contributed by atoms with Gasteiger partial charge in [0.1, 0.15) is 0 Å². The second kappa shape index (κ2) is 10.5. The lowest BCUT2D eigenvalue weighted by Crippen LogP contribution is -2.41. The Morgan fingerprint density at radius 1 is 1.39 bits per heavy atom. The number of hydrogen-bond donors (Lipinski definition) is 2. The smallest absolute Gasteiger partial charge is 0.191 e. The number of rotatable bonds is 5. The topological polar surface area (TPSA) is 53.5 Å². The molecule has 23 heavy (non-hydrogen) atoms. The van der Waals surface area contributed by atoms with Crippen LogP contribution in [0, 0.1) is 0 Å². The molecule has 0 saturated carbocycles. The maximum absolute atomic E-state index is 12.0. The minimum atomic E-state index is -0.870. The van der Waals surface area contributed by atoms with E-state index in [1.165, 1.54) is 0 Å². The highest BCUT2D eigenvalue weighted by Crippen LogP contribution is 2.17. The van der Waals surface area contributed by atoms with Crippen molar-refractivity contribution in [3.63, 3.8) is 0 Å². The van der Waals surface area contributed by atoms with Crippen LogP contribution in [0.3, 0.4) is 0 Å². The normalized spacial score (nSPS) is 14.6. The molecule has 0 aliphatic carbocycles. The van der Waals surface area contributed by atoms with E-state index in [0.29, 0.717) is 18.3 Å². The molecule has 132 valence electrons. The molecule has 1 rings (SSSR count). The van der Waals surface area contributed by atoms with Crippen molar-refractivity contribution in [2.24, 2.45) is 4.99 Å². The van der Waals surface area contributed by atoms with E-state index in [0.717, 1.165) is 10.6 Å². The molecule has 0 aliphatic rings. The van der Waals surface area contributed by atoms with Gasteiger partial charge in [-0.25, -0.2) is 0 Å². The molecule has 1 aromatic rings. The van der Waals surface area contributed by atoms with Crippen LogP contribution in [-0.2, 0) is 10.8 Å². The Labute approximate surface area is 164 Å². The molecule has 1 aromatic carbocycles. The predicted molar refractivity (Wildman–Crippen MR) is 113 cm³/mol. The van der Waals surface area contributed by atoms with Gasteiger partial charge in [-0.1, -0.05) is 23.7 Å². The maximum atomic E-state index is 12.0. The Hall–Kier alpha value is -0.340. The van der Waals surface area contributed by atoms with Crippen molar-refractivity contribution in [3.8, 4) is 0 Å². The standard InChI is InChI=1S/C16H26ClN3OS.HI/c1-12(13-7-6-8-14(17)11-13)20-15(18-5)19-9-10-22(21)16(2,3)4;/h6-8,11-12H,9-10H2,1-5H3,(H2,18,19,20);1H. The highest BCUT2D eigenvalue weighted by atomic mass is 127. The molecule has 7 heteroatoms. The number of guanidine groups is 1. The predicted octanol–water partition coefficient (Wildman–Crippen LogP) is 3.73. The monoisotopic (exact) mass is 471 g/mol. The largest absolute Gasteiger partial charge is 0.355 e. The molecule has 0 fully saturated rings. The third-order valence-corrected chi connectivity index (χ3v) is 5.36. The third-order valence-electron chi connectivity index (χ3n) is 3.19. The molecule has 0 saturated heterocycles. The van der Waals surface area contributed by atoms with Gasteiger partial charge in [0, 0.05) is 39.9 Å². The van der Waals surface area contributed by atoms with Gasteiger partial charge in [-0.2, -0.15) is 0 Å². The second-order valence-corrected chi connectivity index (χ2v) is 8.84. The molecule has 0 heterocycles. The van der Waals surface area contributed by atoms with E-state index in [-0.39, 0.29) is 34.8 Å². The molecule has 0 spiro atoms. The summed E-state index contributed by atoms with van der Waals surface area (Å²) in [6, 6.07) is 7.82. The number of benzene rings is 1. The summed E-state index contributed by atoms with van der Waals surface area (Å²) in [7, 11) is 0.853. The highest BCUT2D eigenvalue weighted by Gasteiger charge is 2.18. The molecule has 4 nitrogen and oxygen atoms in total. The lowest BCUT2D eigenvalue weighted by molar-refractivity contribution is 0.645. The summed E-state index contributed by atoms with van der Waals surface area (Å²) in [4.78, 5) is 4.20. The zero-order valence-electron chi connectivity index (χ0n) is 14.4. The molecular formula is C16H27ClIN3OS. The number of hydrogen-bond acceptors (Lipinski definition) is 2. The van der Waals surface area contributed by atoms with E-state index in [9.17, 15) is 4.21 Å². The van der Waals surface area contributed by atoms with Crippen LogP contribution in [0.15, 0.2) is 29.3 Å². The zero-order valence-corrected chi connectivity index (χ0v) is 18.3. The van der Waals surface area contributed by atoms with E-state index in [2.05, 4.69) is 15.6 Å². The van der Waals surface area contributed by atoms with Gasteiger partial charge in [-0.05, 0) is 45.4 Å². The minimum Gasteiger partial charge on any atom is -0.355 e. The van der Waals surface area contributed by atoms with Crippen LogP contribution in [0.5, 0.6) is 0 Å². The molecule has 2 N–H and O–H groups in total. The zero-order chi connectivity index (χ0) is 16.8. The third kappa shape index (κ3) is 8.35. The van der Waals surface area contributed by atoms with Crippen molar-refractivity contribution in [2.75, 3.05) is 19.3 Å². The van der Waals surface area contributed by atoms with Crippen molar-refractivity contribution >= 4 is 52.3 Å². The molecule has 2 unspecified atom stereocenters. The van der Waals surface area contributed by atoms with Crippen molar-refractivity contribution in [3.05, 3.63) is 34.9 Å². The van der Waals surface area contributed by atoms with Gasteiger partial charge < -0.3 is 10.6 Å². The molecule has 0 radical (unpaired) electrons. The van der Waals surface area contributed by atoms with Crippen LogP contribution in [0.1, 0.15) is 39.3 Å². The number of nitrogens with zero attached hydrogens (tertiary/aromatic N) is 1. The molecule has 2 atom stereocenters. The molecule has 0 amide bonds. The first-order valence-electron chi connectivity index (χ1n) is 7.35. The quantitative estimate of drug-likeness (QED) is 0.391. The summed E-state index contributed by atoms with van der Waals surface area (Å²) in [5.41, 5.74) is 1.09. The van der Waals surface area contributed by atoms with Gasteiger partial charge in [0.15, 0.2) is 5.96 Å². The highest BCUT2D eigenvalue weighted by molar-refractivity contribution is 14.0. The van der Waals surface area contributed by atoms with E-state index in [1.54, 1.807) is 7.05 Å². The summed E-state index contributed by atoms with van der Waals surface area (Å²) in [6.07, 6.45) is 0. The van der Waals surface area contributed by atoms with Crippen molar-refractivity contribution in [1.29, 1.82) is 0 Å². The van der Waals surface area contributed by atoms with Gasteiger partial charge in [-0.3, -0.25) is 9.20 Å². The Morgan fingerprint density at radius 3 is 2.57 bits per heavy atom. The lowest BCUT2D eigenvalue weighted by atomic mass is 10.1. The molecule has 0 aliphatic heterocycles. The fourth-order valence-electron chi connectivity index (χ4n) is 1.83. The van der Waals surface area contributed by atoms with Crippen molar-refractivity contribution < 1.29 is 4.21 Å². The number of aliphatic imine (C=N–C) groups is 1. The maximum Gasteiger partial charge on any atom is 0.191 e. The van der Waals surface area contributed by atoms with E-state index < -0.39 is 10.8 Å². The summed E-state index contributed by atoms with van der Waals surface area (Å²) in [5.74, 6) is 1.29. The number of nitrogens with one attached hydrogen (secondary N) is 2. The average molecular weight is 472 g/mol. The number of halogens is 2. The minimum absolute atomic E-state index is 0. The van der Waals surface area contributed by atoms with Gasteiger partial charge in [0.05, 0.1) is 6.04 Å². The van der Waals surface area contributed by atoms with Crippen LogP contribution in [0.4, 0.5) is 0 Å². The Morgan fingerprint density at radius 2 is 2.04 bits per heavy atom. The van der Waals surface area contributed by atoms with E-state index in [1.807, 2.05) is 52.0 Å². The fourth-order valence-corrected chi connectivity index (χ4v) is 2.93. The summed E-state index contributed by atoms with van der Waals surface area (Å²) in [5, 5.41) is 7.22.